The van der Waals surface area contributed by atoms with Gasteiger partial charge in [0, 0.05) is 30.8 Å². The Labute approximate surface area is 166 Å². The van der Waals surface area contributed by atoms with Crippen molar-refractivity contribution in [1.82, 2.24) is 15.5 Å². The van der Waals surface area contributed by atoms with E-state index in [1.165, 1.54) is 0 Å². The van der Waals surface area contributed by atoms with Crippen molar-refractivity contribution in [3.63, 3.8) is 0 Å². The summed E-state index contributed by atoms with van der Waals surface area (Å²) in [6.45, 7) is 0.607. The molecule has 6 nitrogen and oxygen atoms in total. The van der Waals surface area contributed by atoms with Crippen LogP contribution in [0.25, 0.3) is 0 Å². The van der Waals surface area contributed by atoms with Gasteiger partial charge < -0.3 is 15.5 Å². The smallest absolute Gasteiger partial charge is 0.254 e. The summed E-state index contributed by atoms with van der Waals surface area (Å²) in [5, 5.41) is 5.32. The number of halogens is 2. The molecule has 2 N–H and O–H groups in total. The minimum absolute atomic E-state index is 0.0327. The van der Waals surface area contributed by atoms with Gasteiger partial charge in [-0.2, -0.15) is 0 Å². The maximum atomic E-state index is 13.6. The van der Waals surface area contributed by atoms with Crippen molar-refractivity contribution >= 4 is 17.7 Å². The third-order valence-corrected chi connectivity index (χ3v) is 4.79. The number of piperidine rings is 1. The van der Waals surface area contributed by atoms with Gasteiger partial charge in [0.25, 0.3) is 11.8 Å². The van der Waals surface area contributed by atoms with Crippen molar-refractivity contribution in [2.24, 2.45) is 0 Å². The van der Waals surface area contributed by atoms with Crippen LogP contribution in [0.3, 0.4) is 0 Å². The van der Waals surface area contributed by atoms with Gasteiger partial charge in [-0.3, -0.25) is 14.4 Å². The number of likely N-dealkylation sites (tertiary alicyclic amines) is 1. The van der Waals surface area contributed by atoms with Crippen LogP contribution < -0.4 is 10.6 Å². The van der Waals surface area contributed by atoms with Crippen molar-refractivity contribution in [3.05, 3.63) is 71.3 Å². The number of carbonyl (C=O) groups is 3. The third-order valence-electron chi connectivity index (χ3n) is 4.79. The molecule has 152 valence electrons. The van der Waals surface area contributed by atoms with Gasteiger partial charge in [-0.05, 0) is 37.1 Å². The second-order valence-electron chi connectivity index (χ2n) is 6.80. The van der Waals surface area contributed by atoms with E-state index in [9.17, 15) is 23.2 Å². The quantitative estimate of drug-likeness (QED) is 0.806. The van der Waals surface area contributed by atoms with E-state index in [-0.39, 0.29) is 30.0 Å². The number of hydrogen-bond acceptors (Lipinski definition) is 3. The molecule has 1 fully saturated rings. The average molecular weight is 401 g/mol. The standard InChI is InChI=1S/C21H21F2N3O3/c22-15-6-7-17(18(23)12-15)21(29)24-13-19(27)26-10-8-16(9-11-26)25-20(28)14-4-2-1-3-5-14/h1-7,12,16H,8-11,13H2,(H,24,29)(H,25,28). The van der Waals surface area contributed by atoms with Crippen molar-refractivity contribution in [2.75, 3.05) is 19.6 Å². The van der Waals surface area contributed by atoms with Crippen LogP contribution in [0.2, 0.25) is 0 Å². The predicted molar refractivity (Wildman–Crippen MR) is 102 cm³/mol. The fourth-order valence-electron chi connectivity index (χ4n) is 3.17. The number of amides is 3. The van der Waals surface area contributed by atoms with Gasteiger partial charge in [-0.25, -0.2) is 8.78 Å². The van der Waals surface area contributed by atoms with E-state index in [1.54, 1.807) is 29.2 Å². The van der Waals surface area contributed by atoms with Crippen LogP contribution in [0, 0.1) is 11.6 Å². The lowest BCUT2D eigenvalue weighted by Gasteiger charge is -2.32. The lowest BCUT2D eigenvalue weighted by molar-refractivity contribution is -0.131. The average Bonchev–Trinajstić information content (AvgIpc) is 2.73. The minimum Gasteiger partial charge on any atom is -0.349 e. The Hall–Kier alpha value is -3.29. The summed E-state index contributed by atoms with van der Waals surface area (Å²) in [6.07, 6.45) is 1.20. The third kappa shape index (κ3) is 5.37. The Bertz CT molecular complexity index is 897. The predicted octanol–water partition coefficient (Wildman–Crippen LogP) is 2.12. The first-order valence-electron chi connectivity index (χ1n) is 9.31. The zero-order valence-electron chi connectivity index (χ0n) is 15.7. The van der Waals surface area contributed by atoms with E-state index in [1.807, 2.05) is 6.07 Å². The molecule has 0 spiro atoms. The number of nitrogens with one attached hydrogen (secondary N) is 2. The molecule has 1 aliphatic heterocycles. The first-order chi connectivity index (χ1) is 13.9. The molecule has 8 heteroatoms. The summed E-state index contributed by atoms with van der Waals surface area (Å²) in [7, 11) is 0. The van der Waals surface area contributed by atoms with Crippen LogP contribution in [0.4, 0.5) is 8.78 Å². The molecule has 0 radical (unpaired) electrons. The molecule has 0 bridgehead atoms. The van der Waals surface area contributed by atoms with E-state index in [0.29, 0.717) is 37.6 Å². The molecule has 3 rings (SSSR count). The molecule has 0 saturated carbocycles. The maximum absolute atomic E-state index is 13.6. The number of nitrogens with zero attached hydrogens (tertiary/aromatic N) is 1. The Morgan fingerprint density at radius 1 is 0.966 bits per heavy atom. The van der Waals surface area contributed by atoms with Crippen molar-refractivity contribution < 1.29 is 23.2 Å². The summed E-state index contributed by atoms with van der Waals surface area (Å²) < 4.78 is 26.5. The van der Waals surface area contributed by atoms with Crippen LogP contribution in [0.15, 0.2) is 48.5 Å². The maximum Gasteiger partial charge on any atom is 0.254 e. The zero-order valence-corrected chi connectivity index (χ0v) is 15.7. The Morgan fingerprint density at radius 2 is 1.66 bits per heavy atom. The van der Waals surface area contributed by atoms with Crippen molar-refractivity contribution in [3.8, 4) is 0 Å². The second-order valence-corrected chi connectivity index (χ2v) is 6.80. The first kappa shape index (κ1) is 20.4. The van der Waals surface area contributed by atoms with Crippen LogP contribution in [0.1, 0.15) is 33.6 Å². The van der Waals surface area contributed by atoms with Gasteiger partial charge in [0.15, 0.2) is 0 Å². The summed E-state index contributed by atoms with van der Waals surface area (Å²) in [4.78, 5) is 38.1. The molecule has 1 heterocycles. The normalized spacial score (nSPS) is 14.3. The van der Waals surface area contributed by atoms with Crippen LogP contribution in [-0.4, -0.2) is 48.3 Å². The summed E-state index contributed by atoms with van der Waals surface area (Å²) in [6, 6.07) is 11.5. The largest absolute Gasteiger partial charge is 0.349 e. The highest BCUT2D eigenvalue weighted by Crippen LogP contribution is 2.12. The van der Waals surface area contributed by atoms with E-state index in [4.69, 9.17) is 0 Å². The van der Waals surface area contributed by atoms with Gasteiger partial charge >= 0.3 is 0 Å². The van der Waals surface area contributed by atoms with E-state index < -0.39 is 17.5 Å². The molecule has 0 atom stereocenters. The fourth-order valence-corrected chi connectivity index (χ4v) is 3.17. The second kappa shape index (κ2) is 9.27. The minimum atomic E-state index is -0.982. The molecular weight excluding hydrogens is 380 g/mol. The first-order valence-corrected chi connectivity index (χ1v) is 9.31. The highest BCUT2D eigenvalue weighted by atomic mass is 19.1. The van der Waals surface area contributed by atoms with Gasteiger partial charge in [-0.1, -0.05) is 18.2 Å². The number of carbonyl (C=O) groups excluding carboxylic acids is 3. The molecule has 0 unspecified atom stereocenters. The molecule has 29 heavy (non-hydrogen) atoms. The molecule has 2 aromatic carbocycles. The summed E-state index contributed by atoms with van der Waals surface area (Å²) in [5.41, 5.74) is 0.267. The molecular formula is C21H21F2N3O3. The van der Waals surface area contributed by atoms with Gasteiger partial charge in [0.1, 0.15) is 11.6 Å². The van der Waals surface area contributed by atoms with Crippen LogP contribution in [-0.2, 0) is 4.79 Å². The van der Waals surface area contributed by atoms with E-state index in [0.717, 1.165) is 12.1 Å². The summed E-state index contributed by atoms with van der Waals surface area (Å²) >= 11 is 0. The van der Waals surface area contributed by atoms with Crippen LogP contribution in [0.5, 0.6) is 0 Å². The van der Waals surface area contributed by atoms with Gasteiger partial charge in [0.05, 0.1) is 12.1 Å². The lowest BCUT2D eigenvalue weighted by atomic mass is 10.0. The number of benzene rings is 2. The SMILES string of the molecule is O=C(NC1CCN(C(=O)CNC(=O)c2ccc(F)cc2F)CC1)c1ccccc1. The van der Waals surface area contributed by atoms with Crippen LogP contribution >= 0.6 is 0 Å². The van der Waals surface area contributed by atoms with E-state index >= 15 is 0 Å². The molecule has 2 aromatic rings. The highest BCUT2D eigenvalue weighted by molar-refractivity contribution is 5.96. The molecule has 1 saturated heterocycles. The summed E-state index contributed by atoms with van der Waals surface area (Å²) in [5.74, 6) is -2.99. The molecule has 0 aromatic heterocycles. The van der Waals surface area contributed by atoms with Crippen molar-refractivity contribution in [2.45, 2.75) is 18.9 Å². The number of rotatable bonds is 5. The monoisotopic (exact) mass is 401 g/mol. The molecule has 0 aliphatic carbocycles. The van der Waals surface area contributed by atoms with Gasteiger partial charge in [-0.15, -0.1) is 0 Å². The fraction of sp³-hybridized carbons (Fsp3) is 0.286. The Kier molecular flexibility index (Phi) is 6.54. The Balaban J connectivity index is 1.44. The number of hydrogen-bond donors (Lipinski definition) is 2. The van der Waals surface area contributed by atoms with E-state index in [2.05, 4.69) is 10.6 Å². The topological polar surface area (TPSA) is 78.5 Å². The molecule has 1 aliphatic rings. The highest BCUT2D eigenvalue weighted by Gasteiger charge is 2.24. The van der Waals surface area contributed by atoms with Crippen molar-refractivity contribution in [1.29, 1.82) is 0 Å². The molecule has 3 amide bonds. The zero-order chi connectivity index (χ0) is 20.8. The van der Waals surface area contributed by atoms with Gasteiger partial charge in [0.2, 0.25) is 5.91 Å². The Morgan fingerprint density at radius 3 is 2.31 bits per heavy atom. The lowest BCUT2D eigenvalue weighted by Crippen LogP contribution is -2.49.